The summed E-state index contributed by atoms with van der Waals surface area (Å²) in [6.07, 6.45) is -0.428. The summed E-state index contributed by atoms with van der Waals surface area (Å²) in [5.74, 6) is 0.711. The lowest BCUT2D eigenvalue weighted by atomic mass is 9.84. The zero-order valence-corrected chi connectivity index (χ0v) is 13.6. The fraction of sp³-hybridized carbons (Fsp3) is 0.571. The second-order valence-electron chi connectivity index (χ2n) is 5.66. The molecule has 8 heteroatoms. The molecule has 0 bridgehead atoms. The normalized spacial score (nSPS) is 19.7. The van der Waals surface area contributed by atoms with Crippen molar-refractivity contribution in [2.45, 2.75) is 32.1 Å². The van der Waals surface area contributed by atoms with E-state index in [1.165, 1.54) is 0 Å². The molecule has 1 aromatic rings. The minimum atomic E-state index is -4.21. The summed E-state index contributed by atoms with van der Waals surface area (Å²) in [4.78, 5) is 0. The van der Waals surface area contributed by atoms with E-state index in [0.717, 1.165) is 11.1 Å². The van der Waals surface area contributed by atoms with E-state index in [2.05, 4.69) is 0 Å². The van der Waals surface area contributed by atoms with Crippen molar-refractivity contribution < 1.29 is 27.2 Å². The van der Waals surface area contributed by atoms with E-state index >= 15 is 0 Å². The van der Waals surface area contributed by atoms with Crippen molar-refractivity contribution in [2.75, 3.05) is 20.3 Å². The molecule has 124 valence electrons. The Bertz CT molecular complexity index is 628. The molecule has 2 rings (SSSR count). The van der Waals surface area contributed by atoms with Crippen LogP contribution in [-0.2, 0) is 31.7 Å². The molecule has 0 amide bonds. The first-order valence-electron chi connectivity index (χ1n) is 6.86. The number of methoxy groups -OCH3 is 1. The van der Waals surface area contributed by atoms with Crippen LogP contribution in [0.4, 0.5) is 0 Å². The highest BCUT2D eigenvalue weighted by Gasteiger charge is 2.42. The molecule has 1 aliphatic rings. The molecule has 2 N–H and O–H groups in total. The lowest BCUT2D eigenvalue weighted by Gasteiger charge is -2.25. The van der Waals surface area contributed by atoms with Crippen LogP contribution in [0.1, 0.15) is 25.0 Å². The first kappa shape index (κ1) is 17.2. The Hall–Kier alpha value is -1.19. The van der Waals surface area contributed by atoms with E-state index in [1.54, 1.807) is 19.2 Å². The third-order valence-corrected chi connectivity index (χ3v) is 4.09. The van der Waals surface area contributed by atoms with Gasteiger partial charge in [-0.2, -0.15) is 13.1 Å². The summed E-state index contributed by atoms with van der Waals surface area (Å²) in [6, 6.07) is 5.37. The van der Waals surface area contributed by atoms with Gasteiger partial charge in [0, 0.05) is 19.2 Å². The molecule has 1 aliphatic heterocycles. The van der Waals surface area contributed by atoms with E-state index in [4.69, 9.17) is 18.8 Å². The SMILES string of the molecule is COCCOC1Oc2ccc(CNS(=O)(=O)O)cc2C1(C)C. The molecule has 1 aromatic carbocycles. The van der Waals surface area contributed by atoms with Crippen molar-refractivity contribution in [3.8, 4) is 5.75 Å². The van der Waals surface area contributed by atoms with Gasteiger partial charge in [-0.1, -0.05) is 6.07 Å². The largest absolute Gasteiger partial charge is 0.464 e. The summed E-state index contributed by atoms with van der Waals surface area (Å²) in [5.41, 5.74) is 1.28. The molecule has 0 saturated carbocycles. The molecule has 0 radical (unpaired) electrons. The molecule has 0 fully saturated rings. The molecule has 1 unspecified atom stereocenters. The van der Waals surface area contributed by atoms with E-state index < -0.39 is 16.6 Å². The lowest BCUT2D eigenvalue weighted by molar-refractivity contribution is -0.112. The first-order chi connectivity index (χ1) is 10.2. The Morgan fingerprint density at radius 2 is 2.09 bits per heavy atom. The highest BCUT2D eigenvalue weighted by Crippen LogP contribution is 2.43. The molecule has 22 heavy (non-hydrogen) atoms. The topological polar surface area (TPSA) is 94.1 Å². The predicted octanol–water partition coefficient (Wildman–Crippen LogP) is 1.24. The van der Waals surface area contributed by atoms with E-state index in [1.807, 2.05) is 24.6 Å². The van der Waals surface area contributed by atoms with E-state index in [-0.39, 0.29) is 12.0 Å². The second-order valence-corrected chi connectivity index (χ2v) is 6.90. The van der Waals surface area contributed by atoms with E-state index in [0.29, 0.717) is 19.0 Å². The van der Waals surface area contributed by atoms with Gasteiger partial charge in [-0.05, 0) is 31.5 Å². The summed E-state index contributed by atoms with van der Waals surface area (Å²) in [7, 11) is -2.61. The van der Waals surface area contributed by atoms with Crippen molar-refractivity contribution in [2.24, 2.45) is 0 Å². The van der Waals surface area contributed by atoms with Crippen molar-refractivity contribution in [1.82, 2.24) is 4.72 Å². The Morgan fingerprint density at radius 1 is 1.36 bits per heavy atom. The monoisotopic (exact) mass is 331 g/mol. The number of fused-ring (bicyclic) bond motifs is 1. The number of hydrogen-bond donors (Lipinski definition) is 2. The van der Waals surface area contributed by atoms with Crippen LogP contribution in [0.15, 0.2) is 18.2 Å². The first-order valence-corrected chi connectivity index (χ1v) is 8.31. The number of benzene rings is 1. The minimum Gasteiger partial charge on any atom is -0.464 e. The maximum absolute atomic E-state index is 10.8. The standard InChI is InChI=1S/C14H21NO6S/c1-14(2)11-8-10(9-15-22(16,17)18)4-5-12(11)21-13(14)20-7-6-19-3/h4-5,8,13,15H,6-7,9H2,1-3H3,(H,16,17,18). The maximum atomic E-state index is 10.8. The highest BCUT2D eigenvalue weighted by molar-refractivity contribution is 7.83. The molecule has 0 spiro atoms. The maximum Gasteiger partial charge on any atom is 0.333 e. The average molecular weight is 331 g/mol. The van der Waals surface area contributed by atoms with Gasteiger partial charge in [0.15, 0.2) is 0 Å². The van der Waals surface area contributed by atoms with Gasteiger partial charge in [-0.15, -0.1) is 0 Å². The van der Waals surface area contributed by atoms with Crippen LogP contribution in [0.5, 0.6) is 5.75 Å². The smallest absolute Gasteiger partial charge is 0.333 e. The van der Waals surface area contributed by atoms with Gasteiger partial charge in [0.05, 0.1) is 18.6 Å². The van der Waals surface area contributed by atoms with Gasteiger partial charge in [0.2, 0.25) is 6.29 Å². The van der Waals surface area contributed by atoms with Crippen molar-refractivity contribution >= 4 is 10.3 Å². The third kappa shape index (κ3) is 3.96. The molecule has 0 aliphatic carbocycles. The Labute approximate surface area is 130 Å². The highest BCUT2D eigenvalue weighted by atomic mass is 32.2. The molecule has 0 saturated heterocycles. The zero-order valence-electron chi connectivity index (χ0n) is 12.8. The summed E-state index contributed by atoms with van der Waals surface area (Å²) >= 11 is 0. The van der Waals surface area contributed by atoms with Crippen LogP contribution in [0.3, 0.4) is 0 Å². The van der Waals surface area contributed by atoms with Crippen molar-refractivity contribution in [3.05, 3.63) is 29.3 Å². The lowest BCUT2D eigenvalue weighted by Crippen LogP contribution is -2.35. The molecule has 1 heterocycles. The Morgan fingerprint density at radius 3 is 2.73 bits per heavy atom. The Kier molecular flexibility index (Phi) is 5.08. The minimum absolute atomic E-state index is 0.0113. The quantitative estimate of drug-likeness (QED) is 0.577. The molecular weight excluding hydrogens is 310 g/mol. The average Bonchev–Trinajstić information content (AvgIpc) is 2.68. The van der Waals surface area contributed by atoms with Crippen LogP contribution < -0.4 is 9.46 Å². The summed E-state index contributed by atoms with van der Waals surface area (Å²) in [5, 5.41) is 0. The number of rotatable bonds is 7. The Balaban J connectivity index is 2.13. The summed E-state index contributed by atoms with van der Waals surface area (Å²) in [6.45, 7) is 4.91. The fourth-order valence-electron chi connectivity index (χ4n) is 2.34. The number of nitrogens with one attached hydrogen (secondary N) is 1. The molecule has 1 atom stereocenters. The summed E-state index contributed by atoms with van der Waals surface area (Å²) < 4.78 is 48.8. The zero-order chi connectivity index (χ0) is 16.4. The van der Waals surface area contributed by atoms with Crippen LogP contribution in [-0.4, -0.2) is 39.6 Å². The van der Waals surface area contributed by atoms with Crippen LogP contribution in [0.2, 0.25) is 0 Å². The second kappa shape index (κ2) is 6.51. The van der Waals surface area contributed by atoms with Gasteiger partial charge in [-0.3, -0.25) is 4.55 Å². The van der Waals surface area contributed by atoms with Gasteiger partial charge >= 0.3 is 10.3 Å². The van der Waals surface area contributed by atoms with Crippen LogP contribution in [0, 0.1) is 0 Å². The third-order valence-electron chi connectivity index (χ3n) is 3.58. The van der Waals surface area contributed by atoms with E-state index in [9.17, 15) is 8.42 Å². The molecular formula is C14H21NO6S. The fourth-order valence-corrected chi connectivity index (χ4v) is 2.69. The van der Waals surface area contributed by atoms with Crippen molar-refractivity contribution in [1.29, 1.82) is 0 Å². The van der Waals surface area contributed by atoms with Crippen LogP contribution in [0.25, 0.3) is 0 Å². The predicted molar refractivity (Wildman–Crippen MR) is 80.1 cm³/mol. The van der Waals surface area contributed by atoms with Crippen molar-refractivity contribution in [3.63, 3.8) is 0 Å². The van der Waals surface area contributed by atoms with Gasteiger partial charge in [-0.25, -0.2) is 0 Å². The van der Waals surface area contributed by atoms with Gasteiger partial charge in [0.25, 0.3) is 0 Å². The van der Waals surface area contributed by atoms with Crippen LogP contribution >= 0.6 is 0 Å². The molecule has 0 aromatic heterocycles. The molecule has 7 nitrogen and oxygen atoms in total. The number of ether oxygens (including phenoxy) is 3. The number of hydrogen-bond acceptors (Lipinski definition) is 5. The van der Waals surface area contributed by atoms with Gasteiger partial charge in [0.1, 0.15) is 5.75 Å². The van der Waals surface area contributed by atoms with Gasteiger partial charge < -0.3 is 14.2 Å².